The van der Waals surface area contributed by atoms with Crippen molar-refractivity contribution in [1.29, 1.82) is 0 Å². The topological polar surface area (TPSA) is 55.4 Å². The molecular formula is C20H22F3NO3S. The molecule has 3 rings (SSSR count). The van der Waals surface area contributed by atoms with Crippen molar-refractivity contribution < 1.29 is 26.3 Å². The maximum atomic E-state index is 12.7. The van der Waals surface area contributed by atoms with E-state index in [1.165, 1.54) is 12.1 Å². The monoisotopic (exact) mass is 413 g/mol. The van der Waals surface area contributed by atoms with Crippen molar-refractivity contribution in [3.63, 3.8) is 0 Å². The van der Waals surface area contributed by atoms with Gasteiger partial charge < -0.3 is 10.1 Å². The minimum absolute atomic E-state index is 0.0845. The first-order valence-corrected chi connectivity index (χ1v) is 10.7. The third kappa shape index (κ3) is 5.26. The Hall–Kier alpha value is -2.06. The Morgan fingerprint density at radius 1 is 1.07 bits per heavy atom. The van der Waals surface area contributed by atoms with Gasteiger partial charge in [0.25, 0.3) is 0 Å². The minimum atomic E-state index is -4.41. The molecule has 1 aliphatic rings. The molecular weight excluding hydrogens is 391 g/mol. The molecule has 2 atom stereocenters. The van der Waals surface area contributed by atoms with Crippen LogP contribution in [0.4, 0.5) is 13.2 Å². The van der Waals surface area contributed by atoms with E-state index < -0.39 is 27.7 Å². The first-order chi connectivity index (χ1) is 13.3. The van der Waals surface area contributed by atoms with Crippen molar-refractivity contribution in [2.45, 2.75) is 30.0 Å². The third-order valence-electron chi connectivity index (χ3n) is 4.87. The fourth-order valence-corrected chi connectivity index (χ4v) is 4.65. The van der Waals surface area contributed by atoms with Gasteiger partial charge in [0, 0.05) is 12.5 Å². The van der Waals surface area contributed by atoms with Crippen molar-refractivity contribution >= 4 is 9.84 Å². The molecule has 0 saturated carbocycles. The van der Waals surface area contributed by atoms with Gasteiger partial charge in [0.15, 0.2) is 9.84 Å². The second kappa shape index (κ2) is 8.53. The van der Waals surface area contributed by atoms with Gasteiger partial charge in [-0.05, 0) is 55.8 Å². The van der Waals surface area contributed by atoms with E-state index in [0.717, 1.165) is 25.1 Å². The molecule has 2 aromatic carbocycles. The van der Waals surface area contributed by atoms with Crippen molar-refractivity contribution in [3.05, 3.63) is 60.2 Å². The van der Waals surface area contributed by atoms with Crippen LogP contribution in [0.2, 0.25) is 0 Å². The Bertz CT molecular complexity index is 862. The molecule has 0 spiro atoms. The predicted octanol–water partition coefficient (Wildman–Crippen LogP) is 3.93. The highest BCUT2D eigenvalue weighted by molar-refractivity contribution is 7.91. The van der Waals surface area contributed by atoms with Gasteiger partial charge in [-0.2, -0.15) is 13.2 Å². The summed E-state index contributed by atoms with van der Waals surface area (Å²) in [7, 11) is -3.45. The summed E-state index contributed by atoms with van der Waals surface area (Å²) in [5, 5.41) is 3.22. The molecule has 0 amide bonds. The number of hydrogen-bond acceptors (Lipinski definition) is 4. The van der Waals surface area contributed by atoms with E-state index in [2.05, 4.69) is 5.32 Å². The van der Waals surface area contributed by atoms with E-state index in [-0.39, 0.29) is 23.0 Å². The molecule has 2 aromatic rings. The molecule has 152 valence electrons. The second-order valence-corrected chi connectivity index (χ2v) is 8.96. The van der Waals surface area contributed by atoms with Crippen LogP contribution >= 0.6 is 0 Å². The Labute approximate surface area is 162 Å². The van der Waals surface area contributed by atoms with E-state index in [1.807, 2.05) is 0 Å². The van der Waals surface area contributed by atoms with Gasteiger partial charge in [-0.15, -0.1) is 0 Å². The van der Waals surface area contributed by atoms with Gasteiger partial charge in [0.2, 0.25) is 0 Å². The zero-order chi connectivity index (χ0) is 20.2. The van der Waals surface area contributed by atoms with Crippen LogP contribution in [0.25, 0.3) is 0 Å². The van der Waals surface area contributed by atoms with E-state index in [4.69, 9.17) is 4.74 Å². The molecule has 4 nitrogen and oxygen atoms in total. The van der Waals surface area contributed by atoms with Crippen LogP contribution in [0, 0.1) is 5.92 Å². The number of rotatable bonds is 7. The Morgan fingerprint density at radius 3 is 2.32 bits per heavy atom. The van der Waals surface area contributed by atoms with Crippen LogP contribution in [0.15, 0.2) is 59.5 Å². The molecule has 0 radical (unpaired) electrons. The number of benzene rings is 2. The number of sulfone groups is 1. The summed E-state index contributed by atoms with van der Waals surface area (Å²) in [6.45, 7) is 1.50. The highest BCUT2D eigenvalue weighted by Gasteiger charge is 2.31. The summed E-state index contributed by atoms with van der Waals surface area (Å²) in [4.78, 5) is 0.257. The summed E-state index contributed by atoms with van der Waals surface area (Å²) in [5.41, 5.74) is -0.745. The van der Waals surface area contributed by atoms with Crippen molar-refractivity contribution in [1.82, 2.24) is 5.32 Å². The molecule has 1 N–H and O–H groups in total. The molecule has 1 heterocycles. The van der Waals surface area contributed by atoms with E-state index in [9.17, 15) is 21.6 Å². The summed E-state index contributed by atoms with van der Waals surface area (Å²) in [6.07, 6.45) is -3.71. The summed E-state index contributed by atoms with van der Waals surface area (Å²) in [6, 6.07) is 12.7. The number of halogens is 3. The minimum Gasteiger partial charge on any atom is -0.490 e. The van der Waals surface area contributed by atoms with Crippen molar-refractivity contribution in [3.8, 4) is 5.75 Å². The first kappa shape index (κ1) is 20.7. The highest BCUT2D eigenvalue weighted by Crippen LogP contribution is 2.31. The first-order valence-electron chi connectivity index (χ1n) is 9.08. The fraction of sp³-hybridized carbons (Fsp3) is 0.400. The number of ether oxygens (including phenoxy) is 1. The largest absolute Gasteiger partial charge is 0.490 e. The summed E-state index contributed by atoms with van der Waals surface area (Å²) in [5.74, 6) is 0.328. The van der Waals surface area contributed by atoms with Gasteiger partial charge in [-0.3, -0.25) is 0 Å². The van der Waals surface area contributed by atoms with E-state index in [0.29, 0.717) is 12.3 Å². The zero-order valence-corrected chi connectivity index (χ0v) is 16.0. The third-order valence-corrected chi connectivity index (χ3v) is 6.63. The van der Waals surface area contributed by atoms with Crippen molar-refractivity contribution in [2.75, 3.05) is 18.8 Å². The molecule has 1 aliphatic heterocycles. The Kier molecular flexibility index (Phi) is 6.30. The lowest BCUT2D eigenvalue weighted by atomic mass is 9.99. The Morgan fingerprint density at radius 2 is 1.75 bits per heavy atom. The lowest BCUT2D eigenvalue weighted by Gasteiger charge is -2.24. The molecule has 1 saturated heterocycles. The maximum absolute atomic E-state index is 12.7. The molecule has 1 fully saturated rings. The average Bonchev–Trinajstić information content (AvgIpc) is 3.20. The number of nitrogens with one attached hydrogen (secondary N) is 1. The zero-order valence-electron chi connectivity index (χ0n) is 15.2. The predicted molar refractivity (Wildman–Crippen MR) is 99.9 cm³/mol. The molecule has 0 aliphatic carbocycles. The van der Waals surface area contributed by atoms with Crippen LogP contribution in [0.5, 0.6) is 5.75 Å². The summed E-state index contributed by atoms with van der Waals surface area (Å²) >= 11 is 0. The molecule has 0 aromatic heterocycles. The normalized spacial score (nSPS) is 18.8. The smallest absolute Gasteiger partial charge is 0.416 e. The van der Waals surface area contributed by atoms with Crippen LogP contribution < -0.4 is 10.1 Å². The number of alkyl halides is 3. The maximum Gasteiger partial charge on any atom is 0.416 e. The van der Waals surface area contributed by atoms with Crippen molar-refractivity contribution in [2.24, 2.45) is 5.92 Å². The molecule has 28 heavy (non-hydrogen) atoms. The van der Waals surface area contributed by atoms with Crippen LogP contribution in [-0.2, 0) is 16.0 Å². The van der Waals surface area contributed by atoms with Gasteiger partial charge in [-0.25, -0.2) is 8.42 Å². The van der Waals surface area contributed by atoms with E-state index >= 15 is 0 Å². The van der Waals surface area contributed by atoms with Crippen LogP contribution in [-0.4, -0.2) is 33.4 Å². The van der Waals surface area contributed by atoms with Gasteiger partial charge >= 0.3 is 6.18 Å². The molecule has 8 heteroatoms. The quantitative estimate of drug-likeness (QED) is 0.748. The standard InChI is InChI=1S/C20H22F3NO3S/c21-20(22,23)16-6-8-17(9-7-16)27-19(15-10-12-24-14-15)11-13-28(25,26)18-4-2-1-3-5-18/h1-9,15,19,24H,10-14H2/t15-,19?/m0/s1. The number of hydrogen-bond donors (Lipinski definition) is 1. The lowest BCUT2D eigenvalue weighted by Crippen LogP contribution is -2.31. The summed E-state index contributed by atoms with van der Waals surface area (Å²) < 4.78 is 69.2. The molecule has 0 bridgehead atoms. The SMILES string of the molecule is O=S(=O)(CCC(Oc1ccc(C(F)(F)F)cc1)[C@H]1CCNC1)c1ccccc1. The second-order valence-electron chi connectivity index (χ2n) is 6.85. The van der Waals surface area contributed by atoms with Gasteiger partial charge in [0.05, 0.1) is 16.2 Å². The Balaban J connectivity index is 1.71. The van der Waals surface area contributed by atoms with Crippen LogP contribution in [0.1, 0.15) is 18.4 Å². The van der Waals surface area contributed by atoms with Gasteiger partial charge in [0.1, 0.15) is 11.9 Å². The average molecular weight is 413 g/mol. The lowest BCUT2D eigenvalue weighted by molar-refractivity contribution is -0.137. The molecule has 1 unspecified atom stereocenters. The fourth-order valence-electron chi connectivity index (χ4n) is 3.30. The van der Waals surface area contributed by atoms with E-state index in [1.54, 1.807) is 30.3 Å². The van der Waals surface area contributed by atoms with Crippen LogP contribution in [0.3, 0.4) is 0 Å². The highest BCUT2D eigenvalue weighted by atomic mass is 32.2. The van der Waals surface area contributed by atoms with Gasteiger partial charge in [-0.1, -0.05) is 18.2 Å².